The van der Waals surface area contributed by atoms with Crippen molar-refractivity contribution in [3.05, 3.63) is 28.2 Å². The second kappa shape index (κ2) is 4.24. The fourth-order valence-electron chi connectivity index (χ4n) is 0.946. The van der Waals surface area contributed by atoms with Crippen LogP contribution in [0.3, 0.4) is 0 Å². The number of alkyl halides is 1. The van der Waals surface area contributed by atoms with Gasteiger partial charge in [0, 0.05) is 15.7 Å². The van der Waals surface area contributed by atoms with Crippen LogP contribution in [0.2, 0.25) is 0 Å². The topological polar surface area (TPSA) is 43.1 Å². The summed E-state index contributed by atoms with van der Waals surface area (Å²) in [5.41, 5.74) is 6.79. The molecule has 70 valence electrons. The average molecular weight is 307 g/mol. The summed E-state index contributed by atoms with van der Waals surface area (Å²) in [6.07, 6.45) is 0. The van der Waals surface area contributed by atoms with Gasteiger partial charge in [0.15, 0.2) is 5.78 Å². The molecule has 0 fully saturated rings. The van der Waals surface area contributed by atoms with Crippen LogP contribution in [-0.4, -0.2) is 10.6 Å². The minimum Gasteiger partial charge on any atom is -0.399 e. The summed E-state index contributed by atoms with van der Waals surface area (Å²) in [4.78, 5) is 11.4. The lowest BCUT2D eigenvalue weighted by Gasteiger charge is -2.05. The molecule has 4 heteroatoms. The number of carbonyl (C=O) groups is 1. The van der Waals surface area contributed by atoms with Crippen LogP contribution in [0.15, 0.2) is 22.7 Å². The van der Waals surface area contributed by atoms with E-state index in [1.54, 1.807) is 25.1 Å². The lowest BCUT2D eigenvalue weighted by Crippen LogP contribution is -2.11. The Balaban J connectivity index is 3.13. The molecule has 2 nitrogen and oxygen atoms in total. The van der Waals surface area contributed by atoms with Crippen molar-refractivity contribution in [2.45, 2.75) is 11.8 Å². The molecule has 0 amide bonds. The van der Waals surface area contributed by atoms with Crippen LogP contribution in [0.5, 0.6) is 0 Å². The molecule has 0 aliphatic carbocycles. The Morgan fingerprint density at radius 1 is 1.54 bits per heavy atom. The Labute approximate surface area is 93.8 Å². The van der Waals surface area contributed by atoms with E-state index in [0.717, 1.165) is 4.47 Å². The Morgan fingerprint density at radius 2 is 2.15 bits per heavy atom. The van der Waals surface area contributed by atoms with E-state index >= 15 is 0 Å². The molecule has 1 aromatic rings. The fourth-order valence-corrected chi connectivity index (χ4v) is 1.63. The summed E-state index contributed by atoms with van der Waals surface area (Å²) < 4.78 is 0.776. The first-order valence-electron chi connectivity index (χ1n) is 3.75. The standard InChI is InChI=1S/C9H9Br2NO/c1-5(10)9(13)7-4-6(12)2-3-8(7)11/h2-5H,12H2,1H3. The molecule has 1 unspecified atom stereocenters. The van der Waals surface area contributed by atoms with Crippen LogP contribution >= 0.6 is 31.9 Å². The predicted molar refractivity (Wildman–Crippen MR) is 61.3 cm³/mol. The van der Waals surface area contributed by atoms with Crippen molar-refractivity contribution < 1.29 is 4.79 Å². The van der Waals surface area contributed by atoms with Gasteiger partial charge in [0.05, 0.1) is 4.83 Å². The van der Waals surface area contributed by atoms with E-state index in [-0.39, 0.29) is 10.6 Å². The number of anilines is 1. The van der Waals surface area contributed by atoms with Crippen molar-refractivity contribution in [2.24, 2.45) is 0 Å². The predicted octanol–water partition coefficient (Wildman–Crippen LogP) is 3.00. The number of rotatable bonds is 2. The SMILES string of the molecule is CC(Br)C(=O)c1cc(N)ccc1Br. The second-order valence-electron chi connectivity index (χ2n) is 2.72. The molecule has 0 saturated carbocycles. The molecule has 1 aromatic carbocycles. The molecule has 1 rings (SSSR count). The smallest absolute Gasteiger partial charge is 0.177 e. The van der Waals surface area contributed by atoms with Gasteiger partial charge in [0.25, 0.3) is 0 Å². The highest BCUT2D eigenvalue weighted by Gasteiger charge is 2.14. The molecule has 2 N–H and O–H groups in total. The number of carbonyl (C=O) groups excluding carboxylic acids is 1. The zero-order valence-corrected chi connectivity index (χ0v) is 10.2. The van der Waals surface area contributed by atoms with Gasteiger partial charge in [0.2, 0.25) is 0 Å². The number of nitrogens with two attached hydrogens (primary N) is 1. The largest absolute Gasteiger partial charge is 0.399 e. The maximum absolute atomic E-state index is 11.6. The van der Waals surface area contributed by atoms with Crippen LogP contribution in [0, 0.1) is 0 Å². The van der Waals surface area contributed by atoms with Gasteiger partial charge in [-0.2, -0.15) is 0 Å². The Bertz CT molecular complexity index is 336. The van der Waals surface area contributed by atoms with Crippen LogP contribution in [0.4, 0.5) is 5.69 Å². The van der Waals surface area contributed by atoms with Crippen molar-refractivity contribution in [3.8, 4) is 0 Å². The van der Waals surface area contributed by atoms with E-state index in [1.165, 1.54) is 0 Å². The normalized spacial score (nSPS) is 12.5. The van der Waals surface area contributed by atoms with Crippen molar-refractivity contribution >= 4 is 43.3 Å². The van der Waals surface area contributed by atoms with Gasteiger partial charge in [0.1, 0.15) is 0 Å². The molecular formula is C9H9Br2NO. The first kappa shape index (κ1) is 10.7. The minimum atomic E-state index is -0.189. The number of ketones is 1. The number of halogens is 2. The van der Waals surface area contributed by atoms with E-state index in [4.69, 9.17) is 5.73 Å². The van der Waals surface area contributed by atoms with E-state index in [0.29, 0.717) is 11.3 Å². The van der Waals surface area contributed by atoms with Gasteiger partial charge in [-0.15, -0.1) is 0 Å². The fraction of sp³-hybridized carbons (Fsp3) is 0.222. The van der Waals surface area contributed by atoms with Crippen LogP contribution in [-0.2, 0) is 0 Å². The molecule has 0 heterocycles. The summed E-state index contributed by atoms with van der Waals surface area (Å²) in [6.45, 7) is 1.79. The van der Waals surface area contributed by atoms with E-state index in [2.05, 4.69) is 31.9 Å². The molecule has 0 aromatic heterocycles. The Morgan fingerprint density at radius 3 is 2.69 bits per heavy atom. The molecule has 0 aliphatic heterocycles. The molecule has 0 saturated heterocycles. The maximum Gasteiger partial charge on any atom is 0.177 e. The van der Waals surface area contributed by atoms with E-state index < -0.39 is 0 Å². The lowest BCUT2D eigenvalue weighted by molar-refractivity contribution is 0.0995. The van der Waals surface area contributed by atoms with Crippen molar-refractivity contribution in [1.29, 1.82) is 0 Å². The molecule has 0 radical (unpaired) electrons. The van der Waals surface area contributed by atoms with Crippen molar-refractivity contribution in [3.63, 3.8) is 0 Å². The van der Waals surface area contributed by atoms with Crippen molar-refractivity contribution in [1.82, 2.24) is 0 Å². The third-order valence-electron chi connectivity index (χ3n) is 1.62. The average Bonchev–Trinajstić information content (AvgIpc) is 2.08. The van der Waals surface area contributed by atoms with Gasteiger partial charge in [-0.3, -0.25) is 4.79 Å². The van der Waals surface area contributed by atoms with Crippen LogP contribution in [0.25, 0.3) is 0 Å². The molecule has 1 atom stereocenters. The van der Waals surface area contributed by atoms with Gasteiger partial charge >= 0.3 is 0 Å². The second-order valence-corrected chi connectivity index (χ2v) is 4.95. The first-order valence-corrected chi connectivity index (χ1v) is 5.46. The third kappa shape index (κ3) is 2.54. The van der Waals surface area contributed by atoms with Gasteiger partial charge in [-0.25, -0.2) is 0 Å². The van der Waals surface area contributed by atoms with Gasteiger partial charge in [-0.1, -0.05) is 31.9 Å². The zero-order valence-electron chi connectivity index (χ0n) is 7.05. The molecule has 0 bridgehead atoms. The van der Waals surface area contributed by atoms with E-state index in [9.17, 15) is 4.79 Å². The van der Waals surface area contributed by atoms with Crippen LogP contribution < -0.4 is 5.73 Å². The summed E-state index contributed by atoms with van der Waals surface area (Å²) in [6, 6.07) is 5.20. The highest BCUT2D eigenvalue weighted by molar-refractivity contribution is 9.10. The van der Waals surface area contributed by atoms with Gasteiger partial charge < -0.3 is 5.73 Å². The number of nitrogen functional groups attached to an aromatic ring is 1. The van der Waals surface area contributed by atoms with Crippen molar-refractivity contribution in [2.75, 3.05) is 5.73 Å². The number of hydrogen-bond donors (Lipinski definition) is 1. The third-order valence-corrected chi connectivity index (χ3v) is 2.72. The number of hydrogen-bond acceptors (Lipinski definition) is 2. The molecule has 0 spiro atoms. The molecule has 0 aliphatic rings. The maximum atomic E-state index is 11.6. The Kier molecular flexibility index (Phi) is 3.50. The monoisotopic (exact) mass is 305 g/mol. The first-order chi connectivity index (χ1) is 6.02. The zero-order chi connectivity index (χ0) is 10.0. The number of benzene rings is 1. The number of Topliss-reactive ketones (excluding diaryl/α,β-unsaturated/α-hetero) is 1. The highest BCUT2D eigenvalue weighted by atomic mass is 79.9. The highest BCUT2D eigenvalue weighted by Crippen LogP contribution is 2.22. The Hall–Kier alpha value is -0.350. The molecular weight excluding hydrogens is 298 g/mol. The minimum absolute atomic E-state index is 0.0270. The molecule has 13 heavy (non-hydrogen) atoms. The summed E-state index contributed by atoms with van der Waals surface area (Å²) >= 11 is 6.53. The van der Waals surface area contributed by atoms with Crippen LogP contribution in [0.1, 0.15) is 17.3 Å². The van der Waals surface area contributed by atoms with Gasteiger partial charge in [-0.05, 0) is 25.1 Å². The van der Waals surface area contributed by atoms with E-state index in [1.807, 2.05) is 0 Å². The summed E-state index contributed by atoms with van der Waals surface area (Å²) in [7, 11) is 0. The summed E-state index contributed by atoms with van der Waals surface area (Å²) in [5, 5.41) is 0. The lowest BCUT2D eigenvalue weighted by atomic mass is 10.1. The quantitative estimate of drug-likeness (QED) is 0.518. The summed E-state index contributed by atoms with van der Waals surface area (Å²) in [5.74, 6) is 0.0270.